The predicted molar refractivity (Wildman–Crippen MR) is 103 cm³/mol. The number of hydrogen-bond acceptors (Lipinski definition) is 4. The van der Waals surface area contributed by atoms with Gasteiger partial charge in [0.1, 0.15) is 0 Å². The molecule has 5 nitrogen and oxygen atoms in total. The van der Waals surface area contributed by atoms with E-state index in [0.717, 1.165) is 24.8 Å². The van der Waals surface area contributed by atoms with Crippen LogP contribution in [0.3, 0.4) is 0 Å². The van der Waals surface area contributed by atoms with E-state index >= 15 is 0 Å². The molecule has 0 aromatic carbocycles. The summed E-state index contributed by atoms with van der Waals surface area (Å²) < 4.78 is 76.8. The minimum atomic E-state index is -4.50. The average molecular weight is 404 g/mol. The van der Waals surface area contributed by atoms with Gasteiger partial charge in [-0.3, -0.25) is 4.55 Å². The Morgan fingerprint density at radius 1 is 1.30 bits per heavy atom. The van der Waals surface area contributed by atoms with E-state index in [1.807, 2.05) is 6.92 Å². The number of allylic oxidation sites excluding steroid dienone is 1. The van der Waals surface area contributed by atoms with Crippen LogP contribution in [0.25, 0.3) is 0 Å². The Morgan fingerprint density at radius 2 is 2.07 bits per heavy atom. The summed E-state index contributed by atoms with van der Waals surface area (Å²) in [4.78, 5) is 0. The third kappa shape index (κ3) is 3.21. The van der Waals surface area contributed by atoms with Crippen LogP contribution in [0, 0.1) is 34.5 Å². The molecule has 3 saturated carbocycles. The maximum absolute atomic E-state index is 11.2. The molecule has 4 aliphatic rings. The summed E-state index contributed by atoms with van der Waals surface area (Å²) in [5, 5.41) is 10.8. The van der Waals surface area contributed by atoms with Crippen molar-refractivity contribution in [3.63, 3.8) is 0 Å². The molecule has 0 amide bonds. The Kier molecular flexibility index (Phi) is 3.52. The van der Waals surface area contributed by atoms with Crippen molar-refractivity contribution in [3.05, 3.63) is 11.6 Å². The van der Waals surface area contributed by atoms with Gasteiger partial charge in [0.05, 0.1) is 13.6 Å². The van der Waals surface area contributed by atoms with Crippen LogP contribution in [0.15, 0.2) is 11.6 Å². The topological polar surface area (TPSA) is 83.8 Å². The van der Waals surface area contributed by atoms with Crippen molar-refractivity contribution >= 4 is 10.4 Å². The lowest BCUT2D eigenvalue weighted by molar-refractivity contribution is -0.0666. The first-order valence-corrected chi connectivity index (χ1v) is 11.4. The summed E-state index contributed by atoms with van der Waals surface area (Å²) in [6.07, 6.45) is 3.35. The van der Waals surface area contributed by atoms with Crippen molar-refractivity contribution in [1.29, 1.82) is 0 Å². The molecule has 0 heterocycles. The molecular weight excluding hydrogens is 364 g/mol. The first-order valence-electron chi connectivity index (χ1n) is 12.5. The summed E-state index contributed by atoms with van der Waals surface area (Å²) in [5.41, 5.74) is 0.237. The summed E-state index contributed by atoms with van der Waals surface area (Å²) in [7, 11) is -4.50. The van der Waals surface area contributed by atoms with Crippen LogP contribution in [-0.2, 0) is 14.6 Å². The fourth-order valence-electron chi connectivity index (χ4n) is 7.08. The molecule has 4 aliphatic carbocycles. The smallest absolute Gasteiger partial charge is 0.393 e. The molecule has 4 rings (SSSR count). The molecule has 0 bridgehead atoms. The van der Waals surface area contributed by atoms with Gasteiger partial charge in [-0.2, -0.15) is 8.42 Å². The van der Waals surface area contributed by atoms with Crippen LogP contribution in [0.4, 0.5) is 0 Å². The minimum Gasteiger partial charge on any atom is -0.393 e. The fourth-order valence-corrected chi connectivity index (χ4v) is 7.59. The lowest BCUT2D eigenvalue weighted by Crippen LogP contribution is -2.51. The summed E-state index contributed by atoms with van der Waals surface area (Å²) >= 11 is 0. The van der Waals surface area contributed by atoms with Gasteiger partial charge < -0.3 is 5.11 Å². The van der Waals surface area contributed by atoms with E-state index in [-0.39, 0.29) is 23.7 Å². The lowest BCUT2D eigenvalue weighted by Gasteiger charge is -2.58. The summed E-state index contributed by atoms with van der Waals surface area (Å²) in [6, 6.07) is 0. The van der Waals surface area contributed by atoms with Crippen molar-refractivity contribution < 1.29 is 29.1 Å². The van der Waals surface area contributed by atoms with E-state index in [1.165, 1.54) is 0 Å². The Morgan fingerprint density at radius 3 is 2.78 bits per heavy atom. The SMILES string of the molecule is [2H]C([2H])([2H])[C@]([2H])(O)[C@@]1([2H])CC[C@H]2[C@@H]3CC=C4C[C@@H](OS(=O)(=O)O)CC[C@]4(C)[C@H]3CC[C@@]21C. The quantitative estimate of drug-likeness (QED) is 0.547. The van der Waals surface area contributed by atoms with Crippen molar-refractivity contribution in [3.8, 4) is 0 Å². The van der Waals surface area contributed by atoms with Gasteiger partial charge in [0.25, 0.3) is 0 Å². The molecule has 0 aromatic rings. The molecule has 2 N–H and O–H groups in total. The van der Waals surface area contributed by atoms with Crippen molar-refractivity contribution in [1.82, 2.24) is 0 Å². The number of fused-ring (bicyclic) bond motifs is 5. The van der Waals surface area contributed by atoms with Crippen LogP contribution < -0.4 is 0 Å². The van der Waals surface area contributed by atoms with Gasteiger partial charge in [-0.1, -0.05) is 25.5 Å². The van der Waals surface area contributed by atoms with Gasteiger partial charge in [-0.25, -0.2) is 4.18 Å². The molecule has 27 heavy (non-hydrogen) atoms. The predicted octanol–water partition coefficient (Wildman–Crippen LogP) is 4.13. The van der Waals surface area contributed by atoms with Crippen molar-refractivity contribution in [2.24, 2.45) is 34.5 Å². The highest BCUT2D eigenvalue weighted by Gasteiger charge is 2.59. The van der Waals surface area contributed by atoms with Crippen molar-refractivity contribution in [2.45, 2.75) is 84.2 Å². The third-order valence-electron chi connectivity index (χ3n) is 8.39. The van der Waals surface area contributed by atoms with Crippen LogP contribution in [0.1, 0.15) is 78.9 Å². The zero-order valence-electron chi connectivity index (χ0n) is 21.1. The van der Waals surface area contributed by atoms with E-state index in [2.05, 4.69) is 13.0 Å². The molecule has 0 aromatic heterocycles. The molecule has 3 fully saturated rings. The average Bonchev–Trinajstić information content (AvgIpc) is 2.93. The molecule has 6 heteroatoms. The standard InChI is InChI=1S/C21H34O5S/c1-13(22)17-6-7-18-16-5-4-14-12-15(26-27(23,24)25)8-10-20(14,2)19(16)9-11-21(17,18)3/h4,13,15-19,22H,5-12H2,1-3H3,(H,23,24,25)/t13-,15-,16-,17+,18-,19-,20-,21+/m0/s1/i1D3,13D,17D. The summed E-state index contributed by atoms with van der Waals surface area (Å²) in [5.74, 6) is -1.20. The number of hydrogen-bond donors (Lipinski definition) is 2. The summed E-state index contributed by atoms with van der Waals surface area (Å²) in [6.45, 7) is 1.15. The normalized spacial score (nSPS) is 55.3. The Bertz CT molecular complexity index is 918. The molecule has 0 spiro atoms. The Labute approximate surface area is 170 Å². The molecular formula is C21H34O5S. The zero-order chi connectivity index (χ0) is 24.0. The largest absolute Gasteiger partial charge is 0.397 e. The van der Waals surface area contributed by atoms with Gasteiger partial charge in [-0.05, 0) is 92.7 Å². The first kappa shape index (κ1) is 14.5. The van der Waals surface area contributed by atoms with Gasteiger partial charge in [0.2, 0.25) is 0 Å². The number of rotatable bonds is 3. The van der Waals surface area contributed by atoms with Crippen LogP contribution in [0.5, 0.6) is 0 Å². The van der Waals surface area contributed by atoms with Crippen LogP contribution >= 0.6 is 0 Å². The molecule has 8 atom stereocenters. The van der Waals surface area contributed by atoms with Gasteiger partial charge in [-0.15, -0.1) is 0 Å². The van der Waals surface area contributed by atoms with Crippen molar-refractivity contribution in [2.75, 3.05) is 0 Å². The Balaban J connectivity index is 1.63. The molecule has 0 unspecified atom stereocenters. The highest BCUT2D eigenvalue weighted by Crippen LogP contribution is 2.66. The molecule has 0 radical (unpaired) electrons. The van der Waals surface area contributed by atoms with Gasteiger partial charge >= 0.3 is 10.4 Å². The van der Waals surface area contributed by atoms with E-state index in [0.29, 0.717) is 31.6 Å². The number of aliphatic hydroxyl groups is 1. The highest BCUT2D eigenvalue weighted by molar-refractivity contribution is 7.80. The fraction of sp³-hybridized carbons (Fsp3) is 0.905. The second-order valence-electron chi connectivity index (χ2n) is 9.47. The van der Waals surface area contributed by atoms with Gasteiger partial charge in [0, 0.05) is 5.48 Å². The molecule has 0 saturated heterocycles. The maximum Gasteiger partial charge on any atom is 0.397 e. The third-order valence-corrected chi connectivity index (χ3v) is 8.90. The van der Waals surface area contributed by atoms with E-state index in [4.69, 9.17) is 15.6 Å². The van der Waals surface area contributed by atoms with E-state index in [1.54, 1.807) is 0 Å². The minimum absolute atomic E-state index is 0.0411. The van der Waals surface area contributed by atoms with Crippen LogP contribution in [0.2, 0.25) is 0 Å². The van der Waals surface area contributed by atoms with Crippen LogP contribution in [-0.4, -0.2) is 30.3 Å². The molecule has 154 valence electrons. The monoisotopic (exact) mass is 403 g/mol. The maximum atomic E-state index is 11.2. The molecule has 0 aliphatic heterocycles. The Hall–Kier alpha value is -0.430. The zero-order valence-corrected chi connectivity index (χ0v) is 16.9. The second-order valence-corrected chi connectivity index (χ2v) is 10.5. The lowest BCUT2D eigenvalue weighted by atomic mass is 9.47. The second kappa shape index (κ2) is 6.54. The van der Waals surface area contributed by atoms with E-state index < -0.39 is 40.7 Å². The van der Waals surface area contributed by atoms with Gasteiger partial charge in [0.15, 0.2) is 0 Å². The first-order chi connectivity index (χ1) is 14.5. The van der Waals surface area contributed by atoms with E-state index in [9.17, 15) is 13.5 Å². The highest BCUT2D eigenvalue weighted by atomic mass is 32.3.